The molecule has 0 saturated carbocycles. The number of benzene rings is 3. The van der Waals surface area contributed by atoms with E-state index in [-0.39, 0.29) is 18.8 Å². The van der Waals surface area contributed by atoms with E-state index in [0.717, 1.165) is 11.1 Å². The molecule has 3 aromatic carbocycles. The van der Waals surface area contributed by atoms with Crippen LogP contribution in [0.15, 0.2) is 78.9 Å². The summed E-state index contributed by atoms with van der Waals surface area (Å²) in [6.45, 7) is -0.386. The van der Waals surface area contributed by atoms with E-state index in [0.29, 0.717) is 11.3 Å². The fourth-order valence-corrected chi connectivity index (χ4v) is 2.61. The van der Waals surface area contributed by atoms with Gasteiger partial charge in [0.05, 0.1) is 6.42 Å². The molecule has 0 atom stereocenters. The Hall–Kier alpha value is -3.47. The normalized spacial score (nSPS) is 10.3. The van der Waals surface area contributed by atoms with Gasteiger partial charge in [0.2, 0.25) is 0 Å². The molecule has 0 aliphatic carbocycles. The Bertz CT molecular complexity index is 924. The van der Waals surface area contributed by atoms with Gasteiger partial charge in [-0.15, -0.1) is 0 Å². The highest BCUT2D eigenvalue weighted by Crippen LogP contribution is 2.27. The van der Waals surface area contributed by atoms with Crippen molar-refractivity contribution in [3.63, 3.8) is 0 Å². The van der Waals surface area contributed by atoms with E-state index in [1.165, 1.54) is 24.3 Å². The Labute approximate surface area is 156 Å². The summed E-state index contributed by atoms with van der Waals surface area (Å²) in [5, 5.41) is 2.77. The van der Waals surface area contributed by atoms with E-state index >= 15 is 0 Å². The minimum absolute atomic E-state index is 0.0197. The van der Waals surface area contributed by atoms with E-state index < -0.39 is 11.9 Å². The minimum atomic E-state index is -0.548. The molecule has 0 heterocycles. The highest BCUT2D eigenvalue weighted by molar-refractivity contribution is 5.96. The molecule has 27 heavy (non-hydrogen) atoms. The molecule has 3 aromatic rings. The van der Waals surface area contributed by atoms with Crippen LogP contribution in [0.25, 0.3) is 11.1 Å². The number of hydrogen-bond acceptors (Lipinski definition) is 3. The maximum absolute atomic E-state index is 12.9. The van der Waals surface area contributed by atoms with Gasteiger partial charge in [0.15, 0.2) is 6.61 Å². The van der Waals surface area contributed by atoms with Crippen LogP contribution in [0.5, 0.6) is 0 Å². The zero-order chi connectivity index (χ0) is 19.1. The second-order valence-electron chi connectivity index (χ2n) is 5.92. The number of amides is 1. The Morgan fingerprint density at radius 1 is 0.852 bits per heavy atom. The number of carbonyl (C=O) groups excluding carboxylic acids is 2. The van der Waals surface area contributed by atoms with E-state index in [9.17, 15) is 14.0 Å². The fraction of sp³-hybridized carbons (Fsp3) is 0.0909. The number of halogens is 1. The average molecular weight is 363 g/mol. The summed E-state index contributed by atoms with van der Waals surface area (Å²) in [7, 11) is 0. The molecule has 0 aromatic heterocycles. The first-order chi connectivity index (χ1) is 13.1. The van der Waals surface area contributed by atoms with Gasteiger partial charge in [0.25, 0.3) is 5.91 Å². The van der Waals surface area contributed by atoms with Crippen LogP contribution in [0.2, 0.25) is 0 Å². The number of carbonyl (C=O) groups is 2. The van der Waals surface area contributed by atoms with E-state index in [2.05, 4.69) is 5.32 Å². The number of anilines is 1. The average Bonchev–Trinajstić information content (AvgIpc) is 2.69. The summed E-state index contributed by atoms with van der Waals surface area (Å²) < 4.78 is 17.9. The third kappa shape index (κ3) is 5.25. The van der Waals surface area contributed by atoms with Crippen LogP contribution in [0.1, 0.15) is 5.56 Å². The van der Waals surface area contributed by atoms with Gasteiger partial charge in [-0.1, -0.05) is 60.7 Å². The Balaban J connectivity index is 1.57. The molecule has 0 aliphatic heterocycles. The quantitative estimate of drug-likeness (QED) is 0.667. The van der Waals surface area contributed by atoms with Crippen molar-refractivity contribution in [1.29, 1.82) is 0 Å². The largest absolute Gasteiger partial charge is 0.455 e. The summed E-state index contributed by atoms with van der Waals surface area (Å²) in [4.78, 5) is 24.0. The summed E-state index contributed by atoms with van der Waals surface area (Å²) in [6.07, 6.45) is -0.0197. The zero-order valence-corrected chi connectivity index (χ0v) is 14.5. The van der Waals surface area contributed by atoms with Crippen LogP contribution in [0.4, 0.5) is 10.1 Å². The molecule has 0 spiro atoms. The number of esters is 1. The van der Waals surface area contributed by atoms with Gasteiger partial charge in [-0.3, -0.25) is 9.59 Å². The molecule has 0 aliphatic rings. The molecule has 0 radical (unpaired) electrons. The third-order valence-electron chi connectivity index (χ3n) is 3.91. The lowest BCUT2D eigenvalue weighted by atomic mass is 10.0. The smallest absolute Gasteiger partial charge is 0.310 e. The lowest BCUT2D eigenvalue weighted by Gasteiger charge is -2.11. The third-order valence-corrected chi connectivity index (χ3v) is 3.91. The van der Waals surface area contributed by atoms with Crippen molar-refractivity contribution in [2.24, 2.45) is 0 Å². The summed E-state index contributed by atoms with van der Waals surface area (Å²) in [5.41, 5.74) is 3.12. The number of nitrogens with one attached hydrogen (secondary N) is 1. The van der Waals surface area contributed by atoms with Gasteiger partial charge in [-0.05, 0) is 29.3 Å². The number of ether oxygens (including phenoxy) is 1. The monoisotopic (exact) mass is 363 g/mol. The molecule has 0 saturated heterocycles. The topological polar surface area (TPSA) is 55.4 Å². The summed E-state index contributed by atoms with van der Waals surface area (Å²) in [5.74, 6) is -1.34. The number of rotatable bonds is 6. The first-order valence-electron chi connectivity index (χ1n) is 8.46. The first-order valence-corrected chi connectivity index (χ1v) is 8.46. The van der Waals surface area contributed by atoms with Crippen molar-refractivity contribution in [3.05, 3.63) is 90.2 Å². The van der Waals surface area contributed by atoms with Crippen molar-refractivity contribution in [3.8, 4) is 11.1 Å². The van der Waals surface area contributed by atoms with Crippen LogP contribution < -0.4 is 5.32 Å². The summed E-state index contributed by atoms with van der Waals surface area (Å²) >= 11 is 0. The lowest BCUT2D eigenvalue weighted by molar-refractivity contribution is -0.146. The summed E-state index contributed by atoms with van der Waals surface area (Å²) in [6, 6.07) is 22.6. The fourth-order valence-electron chi connectivity index (χ4n) is 2.61. The molecule has 0 unspecified atom stereocenters. The van der Waals surface area contributed by atoms with Crippen molar-refractivity contribution >= 4 is 17.6 Å². The second kappa shape index (κ2) is 8.76. The SMILES string of the molecule is O=C(COC(=O)Cc1ccc(F)cc1)Nc1ccccc1-c1ccccc1. The maximum atomic E-state index is 12.9. The van der Waals surface area contributed by atoms with Gasteiger partial charge in [0.1, 0.15) is 5.82 Å². The first kappa shape index (κ1) is 18.3. The molecular formula is C22H18FNO3. The molecule has 1 N–H and O–H groups in total. The van der Waals surface area contributed by atoms with Gasteiger partial charge in [0, 0.05) is 11.3 Å². The molecule has 5 heteroatoms. The molecule has 4 nitrogen and oxygen atoms in total. The van der Waals surface area contributed by atoms with Crippen LogP contribution in [0, 0.1) is 5.82 Å². The van der Waals surface area contributed by atoms with E-state index in [4.69, 9.17) is 4.74 Å². The molecular weight excluding hydrogens is 345 g/mol. The van der Waals surface area contributed by atoms with Crippen LogP contribution in [-0.4, -0.2) is 18.5 Å². The maximum Gasteiger partial charge on any atom is 0.310 e. The number of para-hydroxylation sites is 1. The van der Waals surface area contributed by atoms with Gasteiger partial charge in [-0.25, -0.2) is 4.39 Å². The lowest BCUT2D eigenvalue weighted by Crippen LogP contribution is -2.22. The van der Waals surface area contributed by atoms with E-state index in [1.807, 2.05) is 48.5 Å². The van der Waals surface area contributed by atoms with Crippen molar-refractivity contribution in [2.75, 3.05) is 11.9 Å². The van der Waals surface area contributed by atoms with Crippen molar-refractivity contribution in [2.45, 2.75) is 6.42 Å². The van der Waals surface area contributed by atoms with Gasteiger partial charge >= 0.3 is 5.97 Å². The zero-order valence-electron chi connectivity index (χ0n) is 14.5. The molecule has 136 valence electrons. The van der Waals surface area contributed by atoms with Gasteiger partial charge in [-0.2, -0.15) is 0 Å². The molecule has 0 fully saturated rings. The minimum Gasteiger partial charge on any atom is -0.455 e. The number of hydrogen-bond donors (Lipinski definition) is 1. The highest BCUT2D eigenvalue weighted by Gasteiger charge is 2.11. The standard InChI is InChI=1S/C22H18FNO3/c23-18-12-10-16(11-13-18)14-22(26)27-15-21(25)24-20-9-5-4-8-19(20)17-6-2-1-3-7-17/h1-13H,14-15H2,(H,24,25). The second-order valence-corrected chi connectivity index (χ2v) is 5.92. The highest BCUT2D eigenvalue weighted by atomic mass is 19.1. The van der Waals surface area contributed by atoms with Crippen LogP contribution in [-0.2, 0) is 20.7 Å². The van der Waals surface area contributed by atoms with Crippen LogP contribution in [0.3, 0.4) is 0 Å². The Morgan fingerprint density at radius 3 is 2.26 bits per heavy atom. The molecule has 1 amide bonds. The molecule has 3 rings (SSSR count). The van der Waals surface area contributed by atoms with Gasteiger partial charge < -0.3 is 10.1 Å². The van der Waals surface area contributed by atoms with Crippen LogP contribution >= 0.6 is 0 Å². The Kier molecular flexibility index (Phi) is 5.94. The van der Waals surface area contributed by atoms with E-state index in [1.54, 1.807) is 6.07 Å². The predicted octanol–water partition coefficient (Wildman–Crippen LogP) is 4.22. The molecule has 0 bridgehead atoms. The Morgan fingerprint density at radius 2 is 1.52 bits per heavy atom. The van der Waals surface area contributed by atoms with Crippen molar-refractivity contribution in [1.82, 2.24) is 0 Å². The predicted molar refractivity (Wildman–Crippen MR) is 102 cm³/mol. The van der Waals surface area contributed by atoms with Crippen molar-refractivity contribution < 1.29 is 18.7 Å².